The lowest BCUT2D eigenvalue weighted by atomic mass is 10.2. The van der Waals surface area contributed by atoms with Gasteiger partial charge in [0.05, 0.1) is 0 Å². The fourth-order valence-corrected chi connectivity index (χ4v) is 3.97. The average molecular weight is 346 g/mol. The average Bonchev–Trinajstić information content (AvgIpc) is 3.11. The number of thiophene rings is 1. The molecule has 0 radical (unpaired) electrons. The Hall–Kier alpha value is -1.69. The van der Waals surface area contributed by atoms with Gasteiger partial charge in [-0.05, 0) is 17.9 Å². The monoisotopic (exact) mass is 345 g/mol. The highest BCUT2D eigenvalue weighted by Gasteiger charge is 2.24. The summed E-state index contributed by atoms with van der Waals surface area (Å²) in [5, 5.41) is 5.14. The normalized spacial score (nSPS) is 20.7. The summed E-state index contributed by atoms with van der Waals surface area (Å²) in [7, 11) is 0. The third-order valence-electron chi connectivity index (χ3n) is 4.65. The smallest absolute Gasteiger partial charge is 0.275 e. The molecule has 5 heteroatoms. The lowest BCUT2D eigenvalue weighted by Gasteiger charge is -2.29. The minimum Gasteiger partial charge on any atom is -0.351 e. The molecule has 0 aliphatic carbocycles. The van der Waals surface area contributed by atoms with Gasteiger partial charge >= 0.3 is 0 Å². The Bertz CT molecular complexity index is 607. The highest BCUT2D eigenvalue weighted by Crippen LogP contribution is 2.07. The zero-order valence-electron chi connectivity index (χ0n) is 14.1. The van der Waals surface area contributed by atoms with E-state index >= 15 is 0 Å². The minimum absolute atomic E-state index is 0.188. The first-order chi connectivity index (χ1) is 11.8. The van der Waals surface area contributed by atoms with Crippen LogP contribution in [-0.2, 0) is 17.8 Å². The van der Waals surface area contributed by atoms with Crippen LogP contribution in [-0.4, -0.2) is 45.2 Å². The van der Waals surface area contributed by atoms with Crippen LogP contribution in [0.2, 0.25) is 0 Å². The second-order valence-corrected chi connectivity index (χ2v) is 7.55. The van der Waals surface area contributed by atoms with Crippen LogP contribution in [0.3, 0.4) is 0 Å². The number of carbonyl (C=O) groups excluding carboxylic acids is 1. The summed E-state index contributed by atoms with van der Waals surface area (Å²) in [5.41, 5.74) is 1.40. The molecular weight excluding hydrogens is 318 g/mol. The van der Waals surface area contributed by atoms with Crippen LogP contribution >= 0.6 is 11.3 Å². The lowest BCUT2D eigenvalue weighted by Crippen LogP contribution is -3.28. The quantitative estimate of drug-likeness (QED) is 0.615. The third-order valence-corrected chi connectivity index (χ3v) is 5.58. The molecule has 0 bridgehead atoms. The first kappa shape index (κ1) is 17.1. The van der Waals surface area contributed by atoms with Crippen molar-refractivity contribution in [3.8, 4) is 0 Å². The summed E-state index contributed by atoms with van der Waals surface area (Å²) in [6.45, 7) is 6.92. The van der Waals surface area contributed by atoms with Crippen molar-refractivity contribution in [2.24, 2.45) is 0 Å². The molecule has 1 aliphatic heterocycles. The minimum atomic E-state index is 0.188. The van der Waals surface area contributed by atoms with Crippen LogP contribution in [0.5, 0.6) is 0 Å². The summed E-state index contributed by atoms with van der Waals surface area (Å²) in [6.07, 6.45) is 0.938. The lowest BCUT2D eigenvalue weighted by molar-refractivity contribution is -1.02. The summed E-state index contributed by atoms with van der Waals surface area (Å²) >= 11 is 1.75. The van der Waals surface area contributed by atoms with Gasteiger partial charge in [0.2, 0.25) is 0 Å². The highest BCUT2D eigenvalue weighted by molar-refractivity contribution is 7.09. The van der Waals surface area contributed by atoms with E-state index in [9.17, 15) is 4.79 Å². The van der Waals surface area contributed by atoms with E-state index in [2.05, 4.69) is 53.2 Å². The molecule has 128 valence electrons. The number of hydrogen-bond acceptors (Lipinski definition) is 2. The molecule has 3 N–H and O–H groups in total. The molecule has 2 heterocycles. The molecule has 2 aromatic rings. The van der Waals surface area contributed by atoms with Crippen LogP contribution < -0.4 is 15.1 Å². The van der Waals surface area contributed by atoms with E-state index < -0.39 is 0 Å². The van der Waals surface area contributed by atoms with Crippen molar-refractivity contribution < 1.29 is 14.6 Å². The zero-order chi connectivity index (χ0) is 16.6. The molecule has 1 amide bonds. The maximum absolute atomic E-state index is 12.1. The molecule has 1 aromatic carbocycles. The molecule has 0 unspecified atom stereocenters. The van der Waals surface area contributed by atoms with E-state index in [1.54, 1.807) is 16.2 Å². The maximum atomic E-state index is 12.1. The van der Waals surface area contributed by atoms with Gasteiger partial charge in [0.25, 0.3) is 5.91 Å². The molecule has 1 aromatic heterocycles. The third kappa shape index (κ3) is 5.44. The van der Waals surface area contributed by atoms with Gasteiger partial charge in [0, 0.05) is 17.0 Å². The molecule has 4 nitrogen and oxygen atoms in total. The maximum Gasteiger partial charge on any atom is 0.275 e. The van der Waals surface area contributed by atoms with Crippen LogP contribution in [0.25, 0.3) is 0 Å². The van der Waals surface area contributed by atoms with Crippen molar-refractivity contribution in [2.45, 2.75) is 13.0 Å². The van der Waals surface area contributed by atoms with E-state index in [0.717, 1.165) is 45.7 Å². The van der Waals surface area contributed by atoms with Gasteiger partial charge in [-0.1, -0.05) is 36.4 Å². The van der Waals surface area contributed by atoms with E-state index in [0.29, 0.717) is 6.54 Å². The number of quaternary nitrogens is 2. The van der Waals surface area contributed by atoms with Crippen LogP contribution in [0.4, 0.5) is 0 Å². The van der Waals surface area contributed by atoms with Crippen molar-refractivity contribution in [2.75, 3.05) is 39.3 Å². The number of carbonyl (C=O) groups is 1. The predicted octanol–water partition coefficient (Wildman–Crippen LogP) is -0.610. The number of rotatable bonds is 7. The first-order valence-electron chi connectivity index (χ1n) is 8.80. The molecule has 24 heavy (non-hydrogen) atoms. The number of hydrogen-bond donors (Lipinski definition) is 3. The van der Waals surface area contributed by atoms with Crippen molar-refractivity contribution in [3.05, 3.63) is 58.3 Å². The summed E-state index contributed by atoms with van der Waals surface area (Å²) < 4.78 is 0. The molecule has 0 spiro atoms. The number of nitrogens with one attached hydrogen (secondary N) is 3. The molecule has 3 rings (SSSR count). The zero-order valence-corrected chi connectivity index (χ0v) is 14.9. The van der Waals surface area contributed by atoms with Gasteiger partial charge < -0.3 is 15.1 Å². The SMILES string of the molecule is O=C(C[NH+]1CC[NH+](Cc2ccccc2)CC1)NCCc1cccs1. The predicted molar refractivity (Wildman–Crippen MR) is 97.4 cm³/mol. The fraction of sp³-hybridized carbons (Fsp3) is 0.421. The van der Waals surface area contributed by atoms with E-state index in [1.807, 2.05) is 0 Å². The van der Waals surface area contributed by atoms with Crippen LogP contribution in [0.15, 0.2) is 47.8 Å². The van der Waals surface area contributed by atoms with Gasteiger partial charge in [0.15, 0.2) is 6.54 Å². The number of piperazine rings is 1. The Kier molecular flexibility index (Phi) is 6.41. The Morgan fingerprint density at radius 3 is 2.46 bits per heavy atom. The van der Waals surface area contributed by atoms with Gasteiger partial charge in [0.1, 0.15) is 32.7 Å². The van der Waals surface area contributed by atoms with Crippen molar-refractivity contribution >= 4 is 17.2 Å². The summed E-state index contributed by atoms with van der Waals surface area (Å²) in [5.74, 6) is 0.188. The van der Waals surface area contributed by atoms with E-state index in [4.69, 9.17) is 0 Å². The van der Waals surface area contributed by atoms with E-state index in [1.165, 1.54) is 15.3 Å². The standard InChI is InChI=1S/C19H25N3OS/c23-19(20-9-8-18-7-4-14-24-18)16-22-12-10-21(11-13-22)15-17-5-2-1-3-6-17/h1-7,14H,8-13,15-16H2,(H,20,23)/p+2. The second-order valence-electron chi connectivity index (χ2n) is 6.52. The number of benzene rings is 1. The van der Waals surface area contributed by atoms with Crippen molar-refractivity contribution in [1.82, 2.24) is 5.32 Å². The molecule has 0 atom stereocenters. The Morgan fingerprint density at radius 2 is 1.75 bits per heavy atom. The Balaban J connectivity index is 1.32. The molecule has 1 fully saturated rings. The first-order valence-corrected chi connectivity index (χ1v) is 9.68. The van der Waals surface area contributed by atoms with E-state index in [-0.39, 0.29) is 5.91 Å². The van der Waals surface area contributed by atoms with Crippen molar-refractivity contribution in [1.29, 1.82) is 0 Å². The van der Waals surface area contributed by atoms with Crippen LogP contribution in [0.1, 0.15) is 10.4 Å². The van der Waals surface area contributed by atoms with Gasteiger partial charge in [-0.25, -0.2) is 0 Å². The van der Waals surface area contributed by atoms with Crippen LogP contribution in [0, 0.1) is 0 Å². The Morgan fingerprint density at radius 1 is 1.00 bits per heavy atom. The number of amides is 1. The second kappa shape index (κ2) is 8.97. The molecule has 0 saturated carbocycles. The van der Waals surface area contributed by atoms with Gasteiger partial charge in [-0.2, -0.15) is 0 Å². The Labute approximate surface area is 148 Å². The van der Waals surface area contributed by atoms with Crippen molar-refractivity contribution in [3.63, 3.8) is 0 Å². The molecule has 1 aliphatic rings. The summed E-state index contributed by atoms with van der Waals surface area (Å²) in [4.78, 5) is 16.5. The molecule has 1 saturated heterocycles. The molecular formula is C19H27N3OS+2. The topological polar surface area (TPSA) is 38.0 Å². The largest absolute Gasteiger partial charge is 0.351 e. The van der Waals surface area contributed by atoms with Gasteiger partial charge in [-0.3, -0.25) is 4.79 Å². The highest BCUT2D eigenvalue weighted by atomic mass is 32.1. The van der Waals surface area contributed by atoms with Gasteiger partial charge in [-0.15, -0.1) is 11.3 Å². The fourth-order valence-electron chi connectivity index (χ4n) is 3.26. The summed E-state index contributed by atoms with van der Waals surface area (Å²) in [6, 6.07) is 14.9.